The summed E-state index contributed by atoms with van der Waals surface area (Å²) in [5.74, 6) is -1.81. The minimum absolute atomic E-state index is 0.205. The van der Waals surface area contributed by atoms with Crippen LogP contribution in [-0.4, -0.2) is 55.4 Å². The average molecular weight is 439 g/mol. The molecule has 0 unspecified atom stereocenters. The molecule has 4 rings (SSSR count). The maximum Gasteiger partial charge on any atom is 0.270 e. The fourth-order valence-corrected chi connectivity index (χ4v) is 3.58. The van der Waals surface area contributed by atoms with Crippen LogP contribution < -0.4 is 10.9 Å². The van der Waals surface area contributed by atoms with E-state index in [1.165, 1.54) is 12.7 Å². The van der Waals surface area contributed by atoms with E-state index in [0.717, 1.165) is 0 Å². The Morgan fingerprint density at radius 3 is 2.53 bits per heavy atom. The van der Waals surface area contributed by atoms with E-state index in [1.54, 1.807) is 39.2 Å². The van der Waals surface area contributed by atoms with Crippen molar-refractivity contribution in [1.29, 1.82) is 0 Å². The van der Waals surface area contributed by atoms with Gasteiger partial charge >= 0.3 is 0 Å². The minimum Gasteiger partial charge on any atom is -0.341 e. The number of amides is 2. The Kier molecular flexibility index (Phi) is 4.96. The molecule has 2 aliphatic heterocycles. The van der Waals surface area contributed by atoms with Gasteiger partial charge in [0, 0.05) is 5.41 Å². The van der Waals surface area contributed by atoms with Gasteiger partial charge in [-0.05, 0) is 13.8 Å². The Balaban J connectivity index is 1.60. The Morgan fingerprint density at radius 2 is 1.83 bits per heavy atom. The number of hydrogen-bond acceptors (Lipinski definition) is 8. The first kappa shape index (κ1) is 20.9. The van der Waals surface area contributed by atoms with E-state index in [4.69, 9.17) is 25.8 Å². The molecule has 4 atom stereocenters. The van der Waals surface area contributed by atoms with E-state index >= 15 is 0 Å². The van der Waals surface area contributed by atoms with Crippen molar-refractivity contribution in [2.24, 2.45) is 5.41 Å². The van der Waals surface area contributed by atoms with Gasteiger partial charge in [0.15, 0.2) is 28.9 Å². The largest absolute Gasteiger partial charge is 0.341 e. The van der Waals surface area contributed by atoms with Crippen LogP contribution in [0.3, 0.4) is 0 Å². The van der Waals surface area contributed by atoms with Gasteiger partial charge in [0.05, 0.1) is 6.33 Å². The van der Waals surface area contributed by atoms with Crippen molar-refractivity contribution >= 4 is 34.6 Å². The third kappa shape index (κ3) is 3.62. The summed E-state index contributed by atoms with van der Waals surface area (Å²) in [7, 11) is 0. The molecule has 162 valence electrons. The molecule has 2 aliphatic rings. The average Bonchev–Trinajstić information content (AvgIpc) is 3.29. The first-order valence-electron chi connectivity index (χ1n) is 9.42. The summed E-state index contributed by atoms with van der Waals surface area (Å²) in [5.41, 5.74) is 5.00. The highest BCUT2D eigenvalue weighted by molar-refractivity contribution is 6.33. The van der Waals surface area contributed by atoms with E-state index in [-0.39, 0.29) is 11.1 Å². The van der Waals surface area contributed by atoms with Crippen LogP contribution in [0.1, 0.15) is 40.8 Å². The topological polar surface area (TPSA) is 129 Å². The number of hydrazine groups is 1. The normalized spacial score (nSPS) is 27.8. The lowest BCUT2D eigenvalue weighted by molar-refractivity contribution is -0.197. The van der Waals surface area contributed by atoms with Crippen molar-refractivity contribution in [2.75, 3.05) is 0 Å². The fraction of sp³-hybridized carbons (Fsp3) is 0.611. The zero-order valence-corrected chi connectivity index (χ0v) is 17.9. The smallest absolute Gasteiger partial charge is 0.270 e. The standard InChI is InChI=1S/C18H23ClN6O5/c1-17(2,3)16(27)24-23-14(26)10-9-11(30-18(4,5)29-9)15(28-10)25-7-22-8-12(19)20-6-21-13(8)25/h6-7,9-11,15H,1-5H3,(H,23,26)(H,24,27)/t9-,10+,11-,15-/m1/s1. The van der Waals surface area contributed by atoms with Gasteiger partial charge < -0.3 is 14.2 Å². The van der Waals surface area contributed by atoms with Crippen LogP contribution in [0.4, 0.5) is 0 Å². The highest BCUT2D eigenvalue weighted by Crippen LogP contribution is 2.43. The molecular formula is C18H23ClN6O5. The molecule has 2 amide bonds. The van der Waals surface area contributed by atoms with Gasteiger partial charge in [0.1, 0.15) is 24.1 Å². The van der Waals surface area contributed by atoms with Crippen molar-refractivity contribution in [2.45, 2.75) is 64.9 Å². The van der Waals surface area contributed by atoms with Crippen molar-refractivity contribution in [3.8, 4) is 0 Å². The summed E-state index contributed by atoms with van der Waals surface area (Å²) < 4.78 is 19.6. The number of hydrogen-bond donors (Lipinski definition) is 2. The van der Waals surface area contributed by atoms with Crippen LogP contribution in [-0.2, 0) is 23.8 Å². The predicted octanol–water partition coefficient (Wildman–Crippen LogP) is 1.09. The number of nitrogens with zero attached hydrogens (tertiary/aromatic N) is 4. The summed E-state index contributed by atoms with van der Waals surface area (Å²) in [5, 5.41) is 0.205. The number of aromatic nitrogens is 4. The van der Waals surface area contributed by atoms with Gasteiger partial charge in [0.2, 0.25) is 5.91 Å². The van der Waals surface area contributed by atoms with Crippen LogP contribution in [0.5, 0.6) is 0 Å². The molecule has 4 heterocycles. The summed E-state index contributed by atoms with van der Waals surface area (Å²) >= 11 is 6.09. The van der Waals surface area contributed by atoms with Gasteiger partial charge in [-0.3, -0.25) is 25.0 Å². The number of halogens is 1. The van der Waals surface area contributed by atoms with Crippen LogP contribution >= 0.6 is 11.6 Å². The number of nitrogens with one attached hydrogen (secondary N) is 2. The lowest BCUT2D eigenvalue weighted by atomic mass is 9.96. The lowest BCUT2D eigenvalue weighted by Crippen LogP contribution is -2.52. The fourth-order valence-electron chi connectivity index (χ4n) is 3.40. The lowest BCUT2D eigenvalue weighted by Gasteiger charge is -2.25. The predicted molar refractivity (Wildman–Crippen MR) is 104 cm³/mol. The second-order valence-electron chi connectivity index (χ2n) is 8.69. The molecule has 2 fully saturated rings. The van der Waals surface area contributed by atoms with E-state index < -0.39 is 41.6 Å². The van der Waals surface area contributed by atoms with E-state index in [9.17, 15) is 9.59 Å². The molecule has 2 aromatic heterocycles. The van der Waals surface area contributed by atoms with E-state index in [0.29, 0.717) is 11.2 Å². The number of rotatable bonds is 2. The van der Waals surface area contributed by atoms with Gasteiger partial charge in [-0.25, -0.2) is 15.0 Å². The molecule has 0 spiro atoms. The van der Waals surface area contributed by atoms with Crippen LogP contribution in [0, 0.1) is 5.41 Å². The molecule has 0 bridgehead atoms. The molecule has 0 aromatic carbocycles. The molecule has 2 N–H and O–H groups in total. The summed E-state index contributed by atoms with van der Waals surface area (Å²) in [6.07, 6.45) is -0.272. The third-order valence-electron chi connectivity index (χ3n) is 4.86. The van der Waals surface area contributed by atoms with Crippen LogP contribution in [0.2, 0.25) is 5.15 Å². The van der Waals surface area contributed by atoms with Crippen molar-refractivity contribution in [3.63, 3.8) is 0 Å². The first-order valence-corrected chi connectivity index (χ1v) is 9.80. The number of carbonyl (C=O) groups is 2. The molecule has 30 heavy (non-hydrogen) atoms. The Morgan fingerprint density at radius 1 is 1.13 bits per heavy atom. The number of fused-ring (bicyclic) bond motifs is 2. The van der Waals surface area contributed by atoms with Gasteiger partial charge in [0.25, 0.3) is 5.91 Å². The van der Waals surface area contributed by atoms with Gasteiger partial charge in [-0.2, -0.15) is 0 Å². The van der Waals surface area contributed by atoms with Crippen molar-refractivity contribution < 1.29 is 23.8 Å². The van der Waals surface area contributed by atoms with Crippen molar-refractivity contribution in [3.05, 3.63) is 17.8 Å². The SMILES string of the molecule is CC1(C)O[C@@H]2[C@H](O1)[C@@H](C(=O)NNC(=O)C(C)(C)C)O[C@H]2n1cnc2c(Cl)ncnc21. The maximum atomic E-state index is 12.8. The third-order valence-corrected chi connectivity index (χ3v) is 5.13. The molecule has 2 saturated heterocycles. The summed E-state index contributed by atoms with van der Waals surface area (Å²) in [6, 6.07) is 0. The van der Waals surface area contributed by atoms with Gasteiger partial charge in [-0.1, -0.05) is 32.4 Å². The number of ether oxygens (including phenoxy) is 3. The van der Waals surface area contributed by atoms with Crippen LogP contribution in [0.25, 0.3) is 11.2 Å². The Labute approximate surface area is 177 Å². The maximum absolute atomic E-state index is 12.8. The quantitative estimate of drug-likeness (QED) is 0.526. The second kappa shape index (κ2) is 7.12. The monoisotopic (exact) mass is 438 g/mol. The van der Waals surface area contributed by atoms with Gasteiger partial charge in [-0.15, -0.1) is 0 Å². The Hall–Kier alpha value is -2.34. The molecule has 0 radical (unpaired) electrons. The molecule has 0 saturated carbocycles. The number of carbonyl (C=O) groups excluding carboxylic acids is 2. The highest BCUT2D eigenvalue weighted by Gasteiger charge is 2.58. The van der Waals surface area contributed by atoms with Crippen LogP contribution in [0.15, 0.2) is 12.7 Å². The molecule has 2 aromatic rings. The molecule has 0 aliphatic carbocycles. The van der Waals surface area contributed by atoms with E-state index in [1.807, 2.05) is 0 Å². The van der Waals surface area contributed by atoms with Crippen molar-refractivity contribution in [1.82, 2.24) is 30.4 Å². The zero-order valence-electron chi connectivity index (χ0n) is 17.2. The Bertz CT molecular complexity index is 1000. The molecule has 11 nitrogen and oxygen atoms in total. The zero-order chi connectivity index (χ0) is 21.8. The minimum atomic E-state index is -1.03. The molecular weight excluding hydrogens is 416 g/mol. The number of imidazole rings is 1. The second-order valence-corrected chi connectivity index (χ2v) is 9.05. The summed E-state index contributed by atoms with van der Waals surface area (Å²) in [4.78, 5) is 37.3. The first-order chi connectivity index (χ1) is 14.0. The molecule has 12 heteroatoms. The summed E-state index contributed by atoms with van der Waals surface area (Å²) in [6.45, 7) is 8.72. The van der Waals surface area contributed by atoms with E-state index in [2.05, 4.69) is 25.8 Å². The highest BCUT2D eigenvalue weighted by atomic mass is 35.5.